The number of halogens is 3. The first-order valence-electron chi connectivity index (χ1n) is 5.54. The fraction of sp³-hybridized carbons (Fsp3) is 0.0714. The number of rotatable bonds is 3. The van der Waals surface area contributed by atoms with E-state index in [1.54, 1.807) is 6.07 Å². The molecule has 0 aliphatic carbocycles. The van der Waals surface area contributed by atoms with Crippen LogP contribution >= 0.6 is 43.5 Å². The van der Waals surface area contributed by atoms with E-state index < -0.39 is 0 Å². The maximum absolute atomic E-state index is 12.0. The largest absolute Gasteiger partial charge is 0.325 e. The molecule has 0 saturated carbocycles. The summed E-state index contributed by atoms with van der Waals surface area (Å²) in [6, 6.07) is 12.9. The van der Waals surface area contributed by atoms with Gasteiger partial charge in [-0.25, -0.2) is 0 Å². The summed E-state index contributed by atoms with van der Waals surface area (Å²) in [5, 5.41) is 3.45. The SMILES string of the molecule is O=C(Cc1ccccc1Cl)Nc1ccc(Br)cc1Br. The molecule has 0 atom stereocenters. The number of carbonyl (C=O) groups excluding carboxylic acids is 1. The van der Waals surface area contributed by atoms with Crippen molar-refractivity contribution in [2.75, 3.05) is 5.32 Å². The maximum Gasteiger partial charge on any atom is 0.228 e. The summed E-state index contributed by atoms with van der Waals surface area (Å²) in [7, 11) is 0. The van der Waals surface area contributed by atoms with Gasteiger partial charge in [0.2, 0.25) is 5.91 Å². The van der Waals surface area contributed by atoms with Crippen molar-refractivity contribution in [1.82, 2.24) is 0 Å². The van der Waals surface area contributed by atoms with E-state index in [2.05, 4.69) is 37.2 Å². The first-order valence-corrected chi connectivity index (χ1v) is 7.51. The molecule has 1 amide bonds. The minimum absolute atomic E-state index is 0.101. The van der Waals surface area contributed by atoms with Crippen LogP contribution in [0.5, 0.6) is 0 Å². The summed E-state index contributed by atoms with van der Waals surface area (Å²) in [5.74, 6) is -0.101. The van der Waals surface area contributed by atoms with E-state index >= 15 is 0 Å². The number of anilines is 1. The van der Waals surface area contributed by atoms with Gasteiger partial charge in [0.25, 0.3) is 0 Å². The third-order valence-corrected chi connectivity index (χ3v) is 4.03. The van der Waals surface area contributed by atoms with Crippen LogP contribution in [0.2, 0.25) is 5.02 Å². The number of amides is 1. The van der Waals surface area contributed by atoms with Crippen LogP contribution < -0.4 is 5.32 Å². The van der Waals surface area contributed by atoms with Crippen molar-refractivity contribution in [2.24, 2.45) is 0 Å². The number of nitrogens with one attached hydrogen (secondary N) is 1. The number of hydrogen-bond acceptors (Lipinski definition) is 1. The molecule has 2 nitrogen and oxygen atoms in total. The molecule has 0 bridgehead atoms. The van der Waals surface area contributed by atoms with Gasteiger partial charge in [-0.05, 0) is 45.8 Å². The van der Waals surface area contributed by atoms with Crippen LogP contribution in [0.4, 0.5) is 5.69 Å². The fourth-order valence-corrected chi connectivity index (χ4v) is 2.95. The molecule has 0 unspecified atom stereocenters. The van der Waals surface area contributed by atoms with Crippen LogP contribution in [-0.2, 0) is 11.2 Å². The van der Waals surface area contributed by atoms with Crippen molar-refractivity contribution in [3.8, 4) is 0 Å². The molecule has 0 fully saturated rings. The van der Waals surface area contributed by atoms with Gasteiger partial charge in [0.05, 0.1) is 12.1 Å². The molecule has 19 heavy (non-hydrogen) atoms. The van der Waals surface area contributed by atoms with E-state index in [1.807, 2.05) is 36.4 Å². The van der Waals surface area contributed by atoms with Gasteiger partial charge in [-0.1, -0.05) is 45.7 Å². The topological polar surface area (TPSA) is 29.1 Å². The summed E-state index contributed by atoms with van der Waals surface area (Å²) in [6.07, 6.45) is 0.252. The van der Waals surface area contributed by atoms with Crippen molar-refractivity contribution in [3.63, 3.8) is 0 Å². The predicted octanol–water partition coefficient (Wildman–Crippen LogP) is 5.05. The Kier molecular flexibility index (Phi) is 5.02. The Hall–Kier alpha value is -0.840. The average molecular weight is 404 g/mol. The Morgan fingerprint density at radius 3 is 2.58 bits per heavy atom. The molecular weight excluding hydrogens is 393 g/mol. The monoisotopic (exact) mass is 401 g/mol. The number of benzene rings is 2. The fourth-order valence-electron chi connectivity index (χ4n) is 1.60. The van der Waals surface area contributed by atoms with Crippen molar-refractivity contribution in [3.05, 3.63) is 62.0 Å². The minimum atomic E-state index is -0.101. The van der Waals surface area contributed by atoms with Crippen LogP contribution in [0.25, 0.3) is 0 Å². The Morgan fingerprint density at radius 2 is 1.89 bits per heavy atom. The van der Waals surface area contributed by atoms with E-state index in [9.17, 15) is 4.79 Å². The highest BCUT2D eigenvalue weighted by molar-refractivity contribution is 9.11. The Bertz CT molecular complexity index is 616. The lowest BCUT2D eigenvalue weighted by Gasteiger charge is -2.08. The average Bonchev–Trinajstić information content (AvgIpc) is 2.36. The lowest BCUT2D eigenvalue weighted by molar-refractivity contribution is -0.115. The Labute approximate surface area is 133 Å². The van der Waals surface area contributed by atoms with Gasteiger partial charge in [-0.2, -0.15) is 0 Å². The van der Waals surface area contributed by atoms with E-state index in [0.717, 1.165) is 20.2 Å². The van der Waals surface area contributed by atoms with Crippen LogP contribution in [0, 0.1) is 0 Å². The zero-order valence-electron chi connectivity index (χ0n) is 9.79. The summed E-state index contributed by atoms with van der Waals surface area (Å²) in [6.45, 7) is 0. The zero-order valence-corrected chi connectivity index (χ0v) is 13.7. The molecule has 2 aromatic rings. The summed E-state index contributed by atoms with van der Waals surface area (Å²) in [4.78, 5) is 12.0. The van der Waals surface area contributed by atoms with Crippen molar-refractivity contribution in [2.45, 2.75) is 6.42 Å². The second kappa shape index (κ2) is 6.55. The van der Waals surface area contributed by atoms with Gasteiger partial charge in [-0.15, -0.1) is 0 Å². The lowest BCUT2D eigenvalue weighted by Crippen LogP contribution is -2.14. The quantitative estimate of drug-likeness (QED) is 0.764. The molecular formula is C14H10Br2ClNO. The molecule has 0 heterocycles. The van der Waals surface area contributed by atoms with Gasteiger partial charge in [-0.3, -0.25) is 4.79 Å². The third-order valence-electron chi connectivity index (χ3n) is 2.51. The molecule has 0 spiro atoms. The molecule has 2 aromatic carbocycles. The lowest BCUT2D eigenvalue weighted by atomic mass is 10.1. The minimum Gasteiger partial charge on any atom is -0.325 e. The number of carbonyl (C=O) groups is 1. The molecule has 0 radical (unpaired) electrons. The van der Waals surface area contributed by atoms with Crippen LogP contribution in [0.3, 0.4) is 0 Å². The molecule has 0 aromatic heterocycles. The molecule has 0 aliphatic rings. The van der Waals surface area contributed by atoms with Crippen molar-refractivity contribution >= 4 is 55.1 Å². The highest BCUT2D eigenvalue weighted by atomic mass is 79.9. The number of hydrogen-bond donors (Lipinski definition) is 1. The first-order chi connectivity index (χ1) is 9.06. The molecule has 5 heteroatoms. The van der Waals surface area contributed by atoms with E-state index in [1.165, 1.54) is 0 Å². The van der Waals surface area contributed by atoms with Crippen LogP contribution in [0.1, 0.15) is 5.56 Å². The van der Waals surface area contributed by atoms with Gasteiger partial charge in [0.15, 0.2) is 0 Å². The Morgan fingerprint density at radius 1 is 1.16 bits per heavy atom. The van der Waals surface area contributed by atoms with Gasteiger partial charge in [0.1, 0.15) is 0 Å². The zero-order chi connectivity index (χ0) is 13.8. The summed E-state index contributed by atoms with van der Waals surface area (Å²) in [5.41, 5.74) is 1.55. The Balaban J connectivity index is 2.08. The third kappa shape index (κ3) is 4.06. The van der Waals surface area contributed by atoms with Crippen molar-refractivity contribution < 1.29 is 4.79 Å². The highest BCUT2D eigenvalue weighted by Gasteiger charge is 2.09. The molecule has 0 saturated heterocycles. The molecule has 0 aliphatic heterocycles. The summed E-state index contributed by atoms with van der Waals surface area (Å²) >= 11 is 12.8. The predicted molar refractivity (Wildman–Crippen MR) is 85.6 cm³/mol. The normalized spacial score (nSPS) is 10.3. The van der Waals surface area contributed by atoms with E-state index in [0.29, 0.717) is 5.02 Å². The van der Waals surface area contributed by atoms with Crippen LogP contribution in [-0.4, -0.2) is 5.91 Å². The van der Waals surface area contributed by atoms with Gasteiger partial charge >= 0.3 is 0 Å². The van der Waals surface area contributed by atoms with E-state index in [-0.39, 0.29) is 12.3 Å². The highest BCUT2D eigenvalue weighted by Crippen LogP contribution is 2.26. The molecule has 2 rings (SSSR count). The molecule has 98 valence electrons. The van der Waals surface area contributed by atoms with E-state index in [4.69, 9.17) is 11.6 Å². The smallest absolute Gasteiger partial charge is 0.228 e. The van der Waals surface area contributed by atoms with Crippen LogP contribution in [0.15, 0.2) is 51.4 Å². The van der Waals surface area contributed by atoms with Crippen molar-refractivity contribution in [1.29, 1.82) is 0 Å². The second-order valence-corrected chi connectivity index (χ2v) is 6.12. The first kappa shape index (κ1) is 14.6. The standard InChI is InChI=1S/C14H10Br2ClNO/c15-10-5-6-13(11(16)8-10)18-14(19)7-9-3-1-2-4-12(9)17/h1-6,8H,7H2,(H,18,19). The second-order valence-electron chi connectivity index (χ2n) is 3.94. The van der Waals surface area contributed by atoms with Gasteiger partial charge in [0, 0.05) is 14.0 Å². The summed E-state index contributed by atoms with van der Waals surface area (Å²) < 4.78 is 1.78. The maximum atomic E-state index is 12.0. The van der Waals surface area contributed by atoms with Gasteiger partial charge < -0.3 is 5.32 Å². The molecule has 1 N–H and O–H groups in total.